The van der Waals surface area contributed by atoms with Crippen LogP contribution in [-0.2, 0) is 16.0 Å². The number of piperidine rings is 1. The van der Waals surface area contributed by atoms with Crippen LogP contribution >= 0.6 is 0 Å². The Balaban J connectivity index is 0.000000765. The van der Waals surface area contributed by atoms with Gasteiger partial charge in [-0.05, 0) is 30.5 Å². The zero-order chi connectivity index (χ0) is 19.7. The van der Waals surface area contributed by atoms with E-state index in [1.54, 1.807) is 17.0 Å². The Kier molecular flexibility index (Phi) is 8.68. The maximum atomic E-state index is 13.2. The van der Waals surface area contributed by atoms with Gasteiger partial charge < -0.3 is 20.2 Å². The molecule has 0 unspecified atom stereocenters. The van der Waals surface area contributed by atoms with Gasteiger partial charge in [-0.2, -0.15) is 0 Å². The number of aliphatic carboxylic acids is 1. The van der Waals surface area contributed by atoms with Crippen molar-refractivity contribution in [3.63, 3.8) is 0 Å². The lowest BCUT2D eigenvalue weighted by molar-refractivity contribution is -0.141. The van der Waals surface area contributed by atoms with Crippen molar-refractivity contribution >= 4 is 11.9 Å². The van der Waals surface area contributed by atoms with Gasteiger partial charge in [-0.25, -0.2) is 4.39 Å². The van der Waals surface area contributed by atoms with Gasteiger partial charge in [0.2, 0.25) is 5.91 Å². The highest BCUT2D eigenvalue weighted by molar-refractivity contribution is 5.79. The number of hydrogen-bond acceptors (Lipinski definition) is 4. The molecule has 0 aliphatic carbocycles. The molecule has 26 heavy (non-hydrogen) atoms. The molecule has 0 bridgehead atoms. The van der Waals surface area contributed by atoms with E-state index in [-0.39, 0.29) is 31.3 Å². The summed E-state index contributed by atoms with van der Waals surface area (Å²) in [7, 11) is 0. The number of β-amino-alcohol motifs (C(OH)–C–C–N with tert-alkyl or cyclic N) is 1. The van der Waals surface area contributed by atoms with Gasteiger partial charge in [0, 0.05) is 25.4 Å². The fourth-order valence-corrected chi connectivity index (χ4v) is 3.23. The molecule has 0 spiro atoms. The number of likely N-dealkylation sites (tertiary alicyclic amines) is 1. The maximum Gasteiger partial charge on any atom is 0.300 e. The number of carboxylic acids is 1. The van der Waals surface area contributed by atoms with Crippen molar-refractivity contribution in [1.29, 1.82) is 0 Å². The fourth-order valence-electron chi connectivity index (χ4n) is 3.23. The van der Waals surface area contributed by atoms with Gasteiger partial charge in [0.25, 0.3) is 5.97 Å². The second kappa shape index (κ2) is 10.2. The molecule has 6 nitrogen and oxygen atoms in total. The standard InChI is InChI=1S/C17H24FNO3.C2H4O2/c1-2-6-17(12-20)7-8-19(11-15(17)21)16(22)10-13-4-3-5-14(18)9-13;1-2(3)4/h3-5,9,15,20-21H,2,6-8,10-12H2,1H3;1H3,(H,3,4)/t15-,17-;/m1./s1. The number of nitrogens with zero attached hydrogens (tertiary/aromatic N) is 1. The summed E-state index contributed by atoms with van der Waals surface area (Å²) in [4.78, 5) is 22.9. The average Bonchev–Trinajstić information content (AvgIpc) is 2.56. The number of carboxylic acid groups (broad SMARTS) is 1. The molecule has 1 amide bonds. The van der Waals surface area contributed by atoms with E-state index in [9.17, 15) is 19.4 Å². The van der Waals surface area contributed by atoms with Crippen molar-refractivity contribution in [2.45, 2.75) is 45.6 Å². The first-order valence-electron chi connectivity index (χ1n) is 8.74. The zero-order valence-corrected chi connectivity index (χ0v) is 15.3. The molecule has 2 rings (SSSR count). The number of amides is 1. The van der Waals surface area contributed by atoms with Gasteiger partial charge in [0.1, 0.15) is 5.82 Å². The first-order chi connectivity index (χ1) is 12.2. The molecule has 1 aromatic rings. The van der Waals surface area contributed by atoms with Crippen LogP contribution in [0.5, 0.6) is 0 Å². The Bertz CT molecular complexity index is 605. The number of aliphatic hydroxyl groups excluding tert-OH is 2. The summed E-state index contributed by atoms with van der Waals surface area (Å²) in [6.07, 6.45) is 1.63. The van der Waals surface area contributed by atoms with Gasteiger partial charge in [0.15, 0.2) is 0 Å². The largest absolute Gasteiger partial charge is 0.481 e. The summed E-state index contributed by atoms with van der Waals surface area (Å²) in [5, 5.41) is 27.4. The molecule has 1 aliphatic rings. The quantitative estimate of drug-likeness (QED) is 0.736. The second-order valence-corrected chi connectivity index (χ2v) is 6.70. The first kappa shape index (κ1) is 22.1. The van der Waals surface area contributed by atoms with Crippen molar-refractivity contribution in [3.05, 3.63) is 35.6 Å². The highest BCUT2D eigenvalue weighted by atomic mass is 19.1. The molecule has 146 valence electrons. The van der Waals surface area contributed by atoms with E-state index in [4.69, 9.17) is 9.90 Å². The van der Waals surface area contributed by atoms with Crippen molar-refractivity contribution in [2.24, 2.45) is 5.41 Å². The highest BCUT2D eigenvalue weighted by Crippen LogP contribution is 2.36. The molecule has 1 heterocycles. The normalized spacial score (nSPS) is 22.3. The number of aliphatic hydroxyl groups is 2. The maximum absolute atomic E-state index is 13.2. The van der Waals surface area contributed by atoms with Gasteiger partial charge >= 0.3 is 0 Å². The fraction of sp³-hybridized carbons (Fsp3) is 0.579. The Morgan fingerprint density at radius 3 is 2.54 bits per heavy atom. The summed E-state index contributed by atoms with van der Waals surface area (Å²) in [6, 6.07) is 6.00. The van der Waals surface area contributed by atoms with E-state index in [0.717, 1.165) is 19.8 Å². The van der Waals surface area contributed by atoms with Crippen LogP contribution in [0.4, 0.5) is 4.39 Å². The molecule has 0 saturated carbocycles. The lowest BCUT2D eigenvalue weighted by Gasteiger charge is -2.44. The third-order valence-corrected chi connectivity index (χ3v) is 4.64. The number of carbonyl (C=O) groups excluding carboxylic acids is 1. The predicted octanol–water partition coefficient (Wildman–Crippen LogP) is 1.83. The first-order valence-corrected chi connectivity index (χ1v) is 8.74. The van der Waals surface area contributed by atoms with Crippen LogP contribution in [-0.4, -0.2) is 57.9 Å². The lowest BCUT2D eigenvalue weighted by atomic mass is 9.73. The molecule has 0 aromatic heterocycles. The average molecular weight is 369 g/mol. The van der Waals surface area contributed by atoms with E-state index >= 15 is 0 Å². The van der Waals surface area contributed by atoms with Gasteiger partial charge in [-0.1, -0.05) is 25.5 Å². The van der Waals surface area contributed by atoms with Crippen molar-refractivity contribution in [1.82, 2.24) is 4.90 Å². The summed E-state index contributed by atoms with van der Waals surface area (Å²) < 4.78 is 13.2. The lowest BCUT2D eigenvalue weighted by Crippen LogP contribution is -2.54. The number of hydrogen-bond donors (Lipinski definition) is 3. The molecule has 2 atom stereocenters. The zero-order valence-electron chi connectivity index (χ0n) is 15.3. The van der Waals surface area contributed by atoms with E-state index in [2.05, 4.69) is 0 Å². The number of rotatable bonds is 5. The Labute approximate surface area is 153 Å². The highest BCUT2D eigenvalue weighted by Gasteiger charge is 2.42. The van der Waals surface area contributed by atoms with Crippen LogP contribution in [0.1, 0.15) is 38.7 Å². The van der Waals surface area contributed by atoms with Gasteiger partial charge in [0.05, 0.1) is 19.1 Å². The molecule has 1 saturated heterocycles. The summed E-state index contributed by atoms with van der Waals surface area (Å²) in [5.41, 5.74) is 0.136. The predicted molar refractivity (Wildman–Crippen MR) is 95.0 cm³/mol. The summed E-state index contributed by atoms with van der Waals surface area (Å²) >= 11 is 0. The number of halogens is 1. The smallest absolute Gasteiger partial charge is 0.300 e. The third kappa shape index (κ3) is 6.38. The molecule has 1 fully saturated rings. The molecule has 1 aromatic carbocycles. The Morgan fingerprint density at radius 2 is 2.04 bits per heavy atom. The van der Waals surface area contributed by atoms with Crippen molar-refractivity contribution < 1.29 is 29.3 Å². The topological polar surface area (TPSA) is 98.1 Å². The monoisotopic (exact) mass is 369 g/mol. The van der Waals surface area contributed by atoms with Crippen LogP contribution in [0.15, 0.2) is 24.3 Å². The Morgan fingerprint density at radius 1 is 1.38 bits per heavy atom. The minimum absolute atomic E-state index is 0.0616. The third-order valence-electron chi connectivity index (χ3n) is 4.64. The van der Waals surface area contributed by atoms with Crippen LogP contribution < -0.4 is 0 Å². The van der Waals surface area contributed by atoms with Crippen LogP contribution in [0.2, 0.25) is 0 Å². The Hall–Kier alpha value is -1.99. The second-order valence-electron chi connectivity index (χ2n) is 6.70. The van der Waals surface area contributed by atoms with E-state index in [1.807, 2.05) is 6.92 Å². The van der Waals surface area contributed by atoms with E-state index < -0.39 is 17.5 Å². The molecular weight excluding hydrogens is 341 g/mol. The van der Waals surface area contributed by atoms with Crippen molar-refractivity contribution in [2.75, 3.05) is 19.7 Å². The van der Waals surface area contributed by atoms with E-state index in [0.29, 0.717) is 18.5 Å². The number of benzene rings is 1. The van der Waals surface area contributed by atoms with Gasteiger partial charge in [-0.3, -0.25) is 9.59 Å². The SMILES string of the molecule is CC(=O)O.CCC[C@]1(CO)CCN(C(=O)Cc2cccc(F)c2)C[C@H]1O. The molecule has 0 radical (unpaired) electrons. The van der Waals surface area contributed by atoms with Crippen LogP contribution in [0.3, 0.4) is 0 Å². The van der Waals surface area contributed by atoms with E-state index in [1.165, 1.54) is 12.1 Å². The van der Waals surface area contributed by atoms with Crippen LogP contribution in [0.25, 0.3) is 0 Å². The molecule has 1 aliphatic heterocycles. The van der Waals surface area contributed by atoms with Crippen molar-refractivity contribution in [3.8, 4) is 0 Å². The molecular formula is C19H28FNO5. The molecule has 3 N–H and O–H groups in total. The minimum atomic E-state index is -0.833. The number of carbonyl (C=O) groups is 2. The van der Waals surface area contributed by atoms with Gasteiger partial charge in [-0.15, -0.1) is 0 Å². The molecule has 7 heteroatoms. The summed E-state index contributed by atoms with van der Waals surface area (Å²) in [5.74, 6) is -1.31. The minimum Gasteiger partial charge on any atom is -0.481 e. The summed E-state index contributed by atoms with van der Waals surface area (Å²) in [6.45, 7) is 3.79. The van der Waals surface area contributed by atoms with Crippen LogP contribution in [0, 0.1) is 11.2 Å².